The summed E-state index contributed by atoms with van der Waals surface area (Å²) in [5.74, 6) is 1.28. The molecule has 4 rings (SSSR count). The van der Waals surface area contributed by atoms with E-state index in [0.29, 0.717) is 16.7 Å². The predicted octanol–water partition coefficient (Wildman–Crippen LogP) is 5.12. The molecule has 0 spiro atoms. The van der Waals surface area contributed by atoms with Crippen LogP contribution in [0.25, 0.3) is 22.3 Å². The average Bonchev–Trinajstić information content (AvgIpc) is 2.79. The minimum Gasteiger partial charge on any atom is -0.491 e. The van der Waals surface area contributed by atoms with Gasteiger partial charge in [-0.2, -0.15) is 9.78 Å². The summed E-state index contributed by atoms with van der Waals surface area (Å²) < 4.78 is 7.25. The fourth-order valence-electron chi connectivity index (χ4n) is 3.11. The summed E-state index contributed by atoms with van der Waals surface area (Å²) in [7, 11) is 0. The summed E-state index contributed by atoms with van der Waals surface area (Å²) in [5, 5.41) is 5.03. The molecule has 5 heteroatoms. The number of rotatable bonds is 6. The van der Waals surface area contributed by atoms with Gasteiger partial charge in [-0.25, -0.2) is 4.98 Å². The molecule has 0 unspecified atom stereocenters. The third-order valence-corrected chi connectivity index (χ3v) is 4.88. The van der Waals surface area contributed by atoms with Crippen molar-refractivity contribution in [2.75, 3.05) is 0 Å². The second-order valence-corrected chi connectivity index (χ2v) is 7.09. The molecule has 0 saturated heterocycles. The van der Waals surface area contributed by atoms with Crippen molar-refractivity contribution in [1.82, 2.24) is 9.66 Å². The fourth-order valence-corrected chi connectivity index (χ4v) is 3.11. The summed E-state index contributed by atoms with van der Waals surface area (Å²) in [6.45, 7) is 4.12. The zero-order valence-corrected chi connectivity index (χ0v) is 17.0. The molecule has 0 aliphatic heterocycles. The molecule has 0 fully saturated rings. The first-order valence-electron chi connectivity index (χ1n) is 10.0. The number of hydrogen-bond acceptors (Lipinski definition) is 4. The minimum atomic E-state index is -0.206. The van der Waals surface area contributed by atoms with Gasteiger partial charge >= 0.3 is 0 Å². The van der Waals surface area contributed by atoms with Crippen molar-refractivity contribution in [2.24, 2.45) is 5.10 Å². The highest BCUT2D eigenvalue weighted by atomic mass is 16.5. The standard InChI is InChI=1S/C25H23N3O2/c1-3-18(2)30-21-13-9-10-19(16-21)17-26-28-24(20-11-5-4-6-12-20)27-23-15-8-7-14-22(23)25(28)29/h4-18H,3H2,1-2H3/t18-/m0/s1. The monoisotopic (exact) mass is 397 g/mol. The van der Waals surface area contributed by atoms with Gasteiger partial charge in [-0.05, 0) is 43.2 Å². The molecule has 0 aliphatic rings. The Bertz CT molecular complexity index is 1250. The lowest BCUT2D eigenvalue weighted by Crippen LogP contribution is -2.20. The second-order valence-electron chi connectivity index (χ2n) is 7.09. The van der Waals surface area contributed by atoms with Crippen molar-refractivity contribution >= 4 is 17.1 Å². The zero-order valence-electron chi connectivity index (χ0n) is 17.0. The molecule has 1 atom stereocenters. The fraction of sp³-hybridized carbons (Fsp3) is 0.160. The molecule has 1 aromatic heterocycles. The molecular weight excluding hydrogens is 374 g/mol. The summed E-state index contributed by atoms with van der Waals surface area (Å²) >= 11 is 0. The molecule has 0 radical (unpaired) electrons. The van der Waals surface area contributed by atoms with Crippen molar-refractivity contribution in [3.63, 3.8) is 0 Å². The lowest BCUT2D eigenvalue weighted by atomic mass is 10.2. The summed E-state index contributed by atoms with van der Waals surface area (Å²) in [6, 6.07) is 24.6. The lowest BCUT2D eigenvalue weighted by Gasteiger charge is -2.12. The van der Waals surface area contributed by atoms with Gasteiger partial charge in [0.05, 0.1) is 23.2 Å². The average molecular weight is 397 g/mol. The van der Waals surface area contributed by atoms with E-state index >= 15 is 0 Å². The van der Waals surface area contributed by atoms with Crippen LogP contribution < -0.4 is 10.3 Å². The maximum atomic E-state index is 13.2. The van der Waals surface area contributed by atoms with Crippen molar-refractivity contribution in [2.45, 2.75) is 26.4 Å². The van der Waals surface area contributed by atoms with Gasteiger partial charge in [-0.15, -0.1) is 0 Å². The highest BCUT2D eigenvalue weighted by Gasteiger charge is 2.12. The van der Waals surface area contributed by atoms with Crippen molar-refractivity contribution < 1.29 is 4.74 Å². The first kappa shape index (κ1) is 19.6. The number of fused-ring (bicyclic) bond motifs is 1. The number of hydrogen-bond donors (Lipinski definition) is 0. The molecule has 0 amide bonds. The maximum Gasteiger partial charge on any atom is 0.282 e. The van der Waals surface area contributed by atoms with Crippen LogP contribution in [0.15, 0.2) is 88.8 Å². The largest absolute Gasteiger partial charge is 0.491 e. The molecule has 5 nitrogen and oxygen atoms in total. The molecule has 0 bridgehead atoms. The van der Waals surface area contributed by atoms with Gasteiger partial charge in [-0.1, -0.05) is 61.5 Å². The molecule has 3 aromatic carbocycles. The van der Waals surface area contributed by atoms with Gasteiger partial charge in [0.1, 0.15) is 5.75 Å². The number of benzene rings is 3. The molecule has 150 valence electrons. The van der Waals surface area contributed by atoms with Gasteiger partial charge in [0.2, 0.25) is 0 Å². The predicted molar refractivity (Wildman–Crippen MR) is 121 cm³/mol. The topological polar surface area (TPSA) is 56.5 Å². The van der Waals surface area contributed by atoms with E-state index in [9.17, 15) is 4.79 Å². The highest BCUT2D eigenvalue weighted by Crippen LogP contribution is 2.19. The highest BCUT2D eigenvalue weighted by molar-refractivity contribution is 5.82. The minimum absolute atomic E-state index is 0.133. The van der Waals surface area contributed by atoms with Crippen LogP contribution in [-0.2, 0) is 0 Å². The van der Waals surface area contributed by atoms with Crippen molar-refractivity contribution in [3.8, 4) is 17.1 Å². The van der Waals surface area contributed by atoms with Crippen LogP contribution in [0.2, 0.25) is 0 Å². The Morgan fingerprint density at radius 1 is 1.03 bits per heavy atom. The van der Waals surface area contributed by atoms with E-state index in [0.717, 1.165) is 23.3 Å². The quantitative estimate of drug-likeness (QED) is 0.424. The number of nitrogens with zero attached hydrogens (tertiary/aromatic N) is 3. The SMILES string of the molecule is CC[C@H](C)Oc1cccc(C=Nn2c(-c3ccccc3)nc3ccccc3c2=O)c1. The van der Waals surface area contributed by atoms with Crippen molar-refractivity contribution in [3.05, 3.63) is 94.8 Å². The Morgan fingerprint density at radius 3 is 2.60 bits per heavy atom. The smallest absolute Gasteiger partial charge is 0.282 e. The van der Waals surface area contributed by atoms with Crippen LogP contribution in [0, 0.1) is 0 Å². The Hall–Kier alpha value is -3.73. The van der Waals surface area contributed by atoms with Crippen molar-refractivity contribution in [1.29, 1.82) is 0 Å². The van der Waals surface area contributed by atoms with E-state index in [2.05, 4.69) is 12.0 Å². The van der Waals surface area contributed by atoms with Crippen LogP contribution in [0.5, 0.6) is 5.75 Å². The summed E-state index contributed by atoms with van der Waals surface area (Å²) in [6.07, 6.45) is 2.72. The Balaban J connectivity index is 1.80. The van der Waals surface area contributed by atoms with Gasteiger partial charge in [0.15, 0.2) is 5.82 Å². The third-order valence-electron chi connectivity index (χ3n) is 4.88. The van der Waals surface area contributed by atoms with Gasteiger partial charge in [0, 0.05) is 5.56 Å². The Labute approximate surface area is 175 Å². The number of para-hydroxylation sites is 1. The van der Waals surface area contributed by atoms with Crippen LogP contribution in [0.3, 0.4) is 0 Å². The molecule has 1 heterocycles. The summed E-state index contributed by atoms with van der Waals surface area (Å²) in [4.78, 5) is 17.9. The molecule has 30 heavy (non-hydrogen) atoms. The maximum absolute atomic E-state index is 13.2. The van der Waals surface area contributed by atoms with Crippen LogP contribution in [-0.4, -0.2) is 22.0 Å². The lowest BCUT2D eigenvalue weighted by molar-refractivity contribution is 0.217. The van der Waals surface area contributed by atoms with E-state index in [1.807, 2.05) is 79.7 Å². The molecule has 0 N–H and O–H groups in total. The molecule has 4 aromatic rings. The Kier molecular flexibility index (Phi) is 5.70. The van der Waals surface area contributed by atoms with Crippen LogP contribution in [0.4, 0.5) is 0 Å². The molecule has 0 aliphatic carbocycles. The number of ether oxygens (including phenoxy) is 1. The van der Waals surface area contributed by atoms with E-state index in [1.165, 1.54) is 4.68 Å². The van der Waals surface area contributed by atoms with Crippen LogP contribution in [0.1, 0.15) is 25.8 Å². The van der Waals surface area contributed by atoms with Gasteiger partial charge < -0.3 is 4.74 Å². The van der Waals surface area contributed by atoms with E-state index < -0.39 is 0 Å². The first-order chi connectivity index (χ1) is 14.7. The molecule has 0 saturated carbocycles. The normalized spacial score (nSPS) is 12.3. The first-order valence-corrected chi connectivity index (χ1v) is 10.0. The third kappa shape index (κ3) is 4.15. The van der Waals surface area contributed by atoms with Gasteiger partial charge in [0.25, 0.3) is 5.56 Å². The van der Waals surface area contributed by atoms with E-state index in [-0.39, 0.29) is 11.7 Å². The number of aromatic nitrogens is 2. The van der Waals surface area contributed by atoms with Gasteiger partial charge in [-0.3, -0.25) is 4.79 Å². The Morgan fingerprint density at radius 2 is 1.80 bits per heavy atom. The second kappa shape index (κ2) is 8.74. The zero-order chi connectivity index (χ0) is 20.9. The molecular formula is C25H23N3O2. The van der Waals surface area contributed by atoms with E-state index in [4.69, 9.17) is 9.72 Å². The van der Waals surface area contributed by atoms with Crippen LogP contribution >= 0.6 is 0 Å². The summed E-state index contributed by atoms with van der Waals surface area (Å²) in [5.41, 5.74) is 2.11. The van der Waals surface area contributed by atoms with E-state index in [1.54, 1.807) is 12.3 Å².